The highest BCUT2D eigenvalue weighted by Gasteiger charge is 2.32. The van der Waals surface area contributed by atoms with Crippen molar-refractivity contribution in [3.05, 3.63) is 31.1 Å². The highest BCUT2D eigenvalue weighted by atomic mass is 79.9. The summed E-state index contributed by atoms with van der Waals surface area (Å²) in [5, 5.41) is 0. The Labute approximate surface area is 156 Å². The number of hydrogen-bond donors (Lipinski definition) is 1. The Bertz CT molecular complexity index is 879. The largest absolute Gasteiger partial charge is 0.444 e. The Morgan fingerprint density at radius 2 is 2.00 bits per heavy atom. The summed E-state index contributed by atoms with van der Waals surface area (Å²) in [6.45, 7) is 8.23. The molecule has 1 N–H and O–H groups in total. The van der Waals surface area contributed by atoms with Crippen molar-refractivity contribution in [2.24, 2.45) is 0 Å². The predicted molar refractivity (Wildman–Crippen MR) is 99.2 cm³/mol. The number of aromatic amines is 1. The number of aromatic nitrogens is 2. The number of nitrogens with zero attached hydrogens (tertiary/aromatic N) is 2. The van der Waals surface area contributed by atoms with Crippen LogP contribution in [0.3, 0.4) is 0 Å². The van der Waals surface area contributed by atoms with Gasteiger partial charge >= 0.3 is 11.8 Å². The first kappa shape index (κ1) is 17.5. The Morgan fingerprint density at radius 3 is 2.62 bits per heavy atom. The fraction of sp³-hybridized carbons (Fsp3) is 0.500. The quantitative estimate of drug-likeness (QED) is 0.646. The number of ether oxygens (including phenoxy) is 1. The van der Waals surface area contributed by atoms with E-state index in [0.717, 1.165) is 25.5 Å². The number of nitrogens with one attached hydrogen (secondary N) is 1. The van der Waals surface area contributed by atoms with Crippen LogP contribution in [0.1, 0.15) is 33.3 Å². The number of H-pyrrole nitrogens is 1. The maximum atomic E-state index is 12.6. The van der Waals surface area contributed by atoms with Gasteiger partial charge in [0.1, 0.15) is 5.60 Å². The van der Waals surface area contributed by atoms with Crippen molar-refractivity contribution in [3.63, 3.8) is 0 Å². The van der Waals surface area contributed by atoms with Gasteiger partial charge in [0.15, 0.2) is 0 Å². The number of rotatable bonds is 0. The molecular formula is C16H19Br2N3O3. The maximum Gasteiger partial charge on any atom is 0.410 e. The van der Waals surface area contributed by atoms with Crippen molar-refractivity contribution >= 4 is 49.0 Å². The lowest BCUT2D eigenvalue weighted by atomic mass is 10.1. The van der Waals surface area contributed by atoms with Crippen LogP contribution >= 0.6 is 31.9 Å². The first-order chi connectivity index (χ1) is 11.1. The fourth-order valence-corrected chi connectivity index (χ4v) is 4.28. The van der Waals surface area contributed by atoms with E-state index in [0.29, 0.717) is 13.1 Å². The summed E-state index contributed by atoms with van der Waals surface area (Å²) in [4.78, 5) is 29.5. The fourth-order valence-electron chi connectivity index (χ4n) is 2.92. The second kappa shape index (κ2) is 5.91. The molecular weight excluding hydrogens is 442 g/mol. The number of benzene rings is 1. The molecule has 2 heterocycles. The zero-order valence-electron chi connectivity index (χ0n) is 13.9. The topological polar surface area (TPSA) is 67.3 Å². The van der Waals surface area contributed by atoms with Crippen molar-refractivity contribution in [2.75, 3.05) is 0 Å². The van der Waals surface area contributed by atoms with Gasteiger partial charge in [0.2, 0.25) is 0 Å². The Hall–Kier alpha value is -1.28. The van der Waals surface area contributed by atoms with Gasteiger partial charge < -0.3 is 9.72 Å². The van der Waals surface area contributed by atoms with Gasteiger partial charge in [-0.05, 0) is 49.7 Å². The van der Waals surface area contributed by atoms with Crippen LogP contribution in [0.25, 0.3) is 11.0 Å². The lowest BCUT2D eigenvalue weighted by molar-refractivity contribution is 0.0147. The SMILES string of the molecule is C[C@H]1Cn2c(=O)[nH]c3c(Br)cc(Br)c(c32)CN1C(=O)OC(C)(C)C. The number of hydrogen-bond acceptors (Lipinski definition) is 3. The molecule has 0 bridgehead atoms. The minimum atomic E-state index is -0.567. The second-order valence-corrected chi connectivity index (χ2v) is 8.75. The second-order valence-electron chi connectivity index (χ2n) is 7.04. The van der Waals surface area contributed by atoms with Crippen LogP contribution in [0.2, 0.25) is 0 Å². The van der Waals surface area contributed by atoms with E-state index in [4.69, 9.17) is 4.74 Å². The first-order valence-corrected chi connectivity index (χ1v) is 9.26. The number of imidazole rings is 1. The molecule has 1 aromatic heterocycles. The third kappa shape index (κ3) is 3.01. The van der Waals surface area contributed by atoms with Crippen molar-refractivity contribution in [3.8, 4) is 0 Å². The minimum Gasteiger partial charge on any atom is -0.444 e. The molecule has 0 radical (unpaired) electrons. The normalized spacial score (nSPS) is 17.9. The molecule has 0 fully saturated rings. The molecule has 0 saturated heterocycles. The van der Waals surface area contributed by atoms with Crippen LogP contribution in [-0.2, 0) is 17.8 Å². The highest BCUT2D eigenvalue weighted by Crippen LogP contribution is 2.34. The molecule has 2 aromatic rings. The van der Waals surface area contributed by atoms with Crippen LogP contribution in [-0.4, -0.2) is 32.2 Å². The maximum absolute atomic E-state index is 12.6. The van der Waals surface area contributed by atoms with E-state index in [-0.39, 0.29) is 17.8 Å². The molecule has 1 atom stereocenters. The van der Waals surface area contributed by atoms with Crippen LogP contribution in [0.4, 0.5) is 4.79 Å². The van der Waals surface area contributed by atoms with E-state index in [9.17, 15) is 9.59 Å². The summed E-state index contributed by atoms with van der Waals surface area (Å²) in [6, 6.07) is 1.72. The smallest absolute Gasteiger partial charge is 0.410 e. The molecule has 8 heteroatoms. The van der Waals surface area contributed by atoms with Gasteiger partial charge in [0, 0.05) is 21.1 Å². The summed E-state index contributed by atoms with van der Waals surface area (Å²) >= 11 is 7.05. The summed E-state index contributed by atoms with van der Waals surface area (Å²) in [5.74, 6) is 0. The highest BCUT2D eigenvalue weighted by molar-refractivity contribution is 9.11. The predicted octanol–water partition coefficient (Wildman–Crippen LogP) is 3.99. The van der Waals surface area contributed by atoms with Gasteiger partial charge in [0.25, 0.3) is 0 Å². The molecule has 1 aromatic carbocycles. The van der Waals surface area contributed by atoms with Gasteiger partial charge in [-0.15, -0.1) is 0 Å². The van der Waals surface area contributed by atoms with Crippen LogP contribution in [0, 0.1) is 0 Å². The molecule has 6 nitrogen and oxygen atoms in total. The standard InChI is InChI=1S/C16H19Br2N3O3/c1-8-6-21-13-9(7-20(8)15(23)24-16(2,3)4)10(17)5-11(18)12(13)19-14(21)22/h5,8H,6-7H2,1-4H3,(H,19,22)/t8-/m0/s1. The van der Waals surface area contributed by atoms with Crippen molar-refractivity contribution in [2.45, 2.75) is 52.4 Å². The van der Waals surface area contributed by atoms with E-state index >= 15 is 0 Å². The van der Waals surface area contributed by atoms with Gasteiger partial charge in [0.05, 0.1) is 23.6 Å². The first-order valence-electron chi connectivity index (χ1n) is 7.67. The van der Waals surface area contributed by atoms with Crippen molar-refractivity contribution in [1.82, 2.24) is 14.5 Å². The summed E-state index contributed by atoms with van der Waals surface area (Å²) < 4.78 is 8.88. The van der Waals surface area contributed by atoms with Gasteiger partial charge in [-0.25, -0.2) is 9.59 Å². The Morgan fingerprint density at radius 1 is 1.33 bits per heavy atom. The Kier molecular flexibility index (Phi) is 4.32. The van der Waals surface area contributed by atoms with Gasteiger partial charge in [-0.1, -0.05) is 15.9 Å². The average Bonchev–Trinajstić information content (AvgIpc) is 2.65. The minimum absolute atomic E-state index is 0.172. The average molecular weight is 461 g/mol. The zero-order chi connectivity index (χ0) is 17.8. The molecule has 0 unspecified atom stereocenters. The summed E-state index contributed by atoms with van der Waals surface area (Å²) in [5.41, 5.74) is 1.71. The van der Waals surface area contributed by atoms with Crippen molar-refractivity contribution < 1.29 is 9.53 Å². The number of amides is 1. The van der Waals surface area contributed by atoms with Crippen molar-refractivity contribution in [1.29, 1.82) is 0 Å². The lowest BCUT2D eigenvalue weighted by Crippen LogP contribution is -2.43. The van der Waals surface area contributed by atoms with E-state index in [1.807, 2.05) is 33.8 Å². The molecule has 3 rings (SSSR count). The van der Waals surface area contributed by atoms with E-state index in [1.54, 1.807) is 9.47 Å². The van der Waals surface area contributed by atoms with Crippen LogP contribution in [0.15, 0.2) is 19.8 Å². The molecule has 0 spiro atoms. The van der Waals surface area contributed by atoms with E-state index in [1.165, 1.54) is 0 Å². The van der Waals surface area contributed by atoms with Crippen LogP contribution in [0.5, 0.6) is 0 Å². The molecule has 0 aliphatic carbocycles. The van der Waals surface area contributed by atoms with Crippen LogP contribution < -0.4 is 5.69 Å². The van der Waals surface area contributed by atoms with Gasteiger partial charge in [-0.2, -0.15) is 0 Å². The third-order valence-corrected chi connectivity index (χ3v) is 5.32. The molecule has 0 saturated carbocycles. The molecule has 130 valence electrons. The molecule has 1 aliphatic rings. The monoisotopic (exact) mass is 459 g/mol. The number of carbonyl (C=O) groups excluding carboxylic acids is 1. The molecule has 24 heavy (non-hydrogen) atoms. The van der Waals surface area contributed by atoms with E-state index < -0.39 is 5.60 Å². The molecule has 1 aliphatic heterocycles. The Balaban J connectivity index is 2.12. The van der Waals surface area contributed by atoms with Gasteiger partial charge in [-0.3, -0.25) is 9.47 Å². The lowest BCUT2D eigenvalue weighted by Gasteiger charge is -2.30. The number of halogens is 2. The summed E-state index contributed by atoms with van der Waals surface area (Å²) in [7, 11) is 0. The molecule has 1 amide bonds. The van der Waals surface area contributed by atoms with E-state index in [2.05, 4.69) is 36.8 Å². The zero-order valence-corrected chi connectivity index (χ0v) is 17.1. The number of carbonyl (C=O) groups is 1. The summed E-state index contributed by atoms with van der Waals surface area (Å²) in [6.07, 6.45) is -0.375. The third-order valence-electron chi connectivity index (χ3n) is 3.99.